The summed E-state index contributed by atoms with van der Waals surface area (Å²) < 4.78 is 56.0. The highest BCUT2D eigenvalue weighted by molar-refractivity contribution is 6.00. The maximum atomic E-state index is 13.9. The standard InChI is InChI=1S/C21H21F4N5O3/c22-11-3-4-14(21(23,24)25)13(8-11)16-2-1-6-29(16)17-5-7-30-20(27-17)18(19(26)33)15(28-30)9-12(32)10-31/h3-5,7-8,12,16,31-32H,1-2,6,9-10H2,(H2,26,33)/t12-,16-/m1/s1. The molecule has 1 aromatic carbocycles. The van der Waals surface area contributed by atoms with Crippen LogP contribution in [-0.2, 0) is 12.6 Å². The Kier molecular flexibility index (Phi) is 5.97. The number of halogens is 4. The molecular formula is C21H21F4N5O3. The third kappa shape index (κ3) is 4.35. The minimum Gasteiger partial charge on any atom is -0.394 e. The fraction of sp³-hybridized carbons (Fsp3) is 0.381. The highest BCUT2D eigenvalue weighted by Gasteiger charge is 2.38. The van der Waals surface area contributed by atoms with Gasteiger partial charge in [0.1, 0.15) is 17.2 Å². The molecular weight excluding hydrogens is 446 g/mol. The summed E-state index contributed by atoms with van der Waals surface area (Å²) in [6.07, 6.45) is -3.56. The molecule has 0 aliphatic carbocycles. The first kappa shape index (κ1) is 22.9. The summed E-state index contributed by atoms with van der Waals surface area (Å²) >= 11 is 0. The number of rotatable bonds is 6. The summed E-state index contributed by atoms with van der Waals surface area (Å²) in [5, 5.41) is 23.0. The van der Waals surface area contributed by atoms with E-state index in [0.29, 0.717) is 19.4 Å². The smallest absolute Gasteiger partial charge is 0.394 e. The minimum absolute atomic E-state index is 0.0539. The van der Waals surface area contributed by atoms with Crippen LogP contribution in [0, 0.1) is 5.82 Å². The lowest BCUT2D eigenvalue weighted by Crippen LogP contribution is -2.26. The van der Waals surface area contributed by atoms with Gasteiger partial charge < -0.3 is 20.8 Å². The fourth-order valence-corrected chi connectivity index (χ4v) is 4.24. The summed E-state index contributed by atoms with van der Waals surface area (Å²) in [4.78, 5) is 18.1. The van der Waals surface area contributed by atoms with Crippen molar-refractivity contribution in [2.75, 3.05) is 18.1 Å². The molecule has 0 spiro atoms. The number of alkyl halides is 3. The van der Waals surface area contributed by atoms with E-state index in [1.165, 1.54) is 16.8 Å². The lowest BCUT2D eigenvalue weighted by molar-refractivity contribution is -0.138. The molecule has 12 heteroatoms. The lowest BCUT2D eigenvalue weighted by Gasteiger charge is -2.28. The molecule has 1 saturated heterocycles. The minimum atomic E-state index is -4.65. The molecule has 8 nitrogen and oxygen atoms in total. The van der Waals surface area contributed by atoms with Crippen LogP contribution in [0.25, 0.3) is 5.65 Å². The molecule has 33 heavy (non-hydrogen) atoms. The second-order valence-corrected chi connectivity index (χ2v) is 7.86. The van der Waals surface area contributed by atoms with E-state index in [2.05, 4.69) is 10.1 Å². The van der Waals surface area contributed by atoms with Crippen LogP contribution in [0.2, 0.25) is 0 Å². The van der Waals surface area contributed by atoms with Gasteiger partial charge in [0.25, 0.3) is 5.91 Å². The third-order valence-electron chi connectivity index (χ3n) is 5.65. The highest BCUT2D eigenvalue weighted by atomic mass is 19.4. The number of carbonyl (C=O) groups is 1. The Morgan fingerprint density at radius 3 is 2.73 bits per heavy atom. The van der Waals surface area contributed by atoms with Crippen LogP contribution < -0.4 is 10.6 Å². The molecule has 4 N–H and O–H groups in total. The fourth-order valence-electron chi connectivity index (χ4n) is 4.24. The number of hydrogen-bond donors (Lipinski definition) is 3. The van der Waals surface area contributed by atoms with Crippen LogP contribution in [0.3, 0.4) is 0 Å². The van der Waals surface area contributed by atoms with E-state index in [1.807, 2.05) is 0 Å². The van der Waals surface area contributed by atoms with E-state index in [9.17, 15) is 27.5 Å². The van der Waals surface area contributed by atoms with Crippen molar-refractivity contribution in [2.45, 2.75) is 37.6 Å². The molecule has 1 amide bonds. The van der Waals surface area contributed by atoms with Crippen LogP contribution in [0.4, 0.5) is 23.4 Å². The predicted molar refractivity (Wildman–Crippen MR) is 109 cm³/mol. The Morgan fingerprint density at radius 1 is 1.30 bits per heavy atom. The second-order valence-electron chi connectivity index (χ2n) is 7.86. The van der Waals surface area contributed by atoms with Gasteiger partial charge >= 0.3 is 6.18 Å². The van der Waals surface area contributed by atoms with Gasteiger partial charge in [-0.25, -0.2) is 13.9 Å². The zero-order valence-electron chi connectivity index (χ0n) is 17.3. The SMILES string of the molecule is NC(=O)c1c(C[C@@H](O)CO)nn2ccc(N3CCC[C@@H]3c3cc(F)ccc3C(F)(F)F)nc12. The highest BCUT2D eigenvalue weighted by Crippen LogP contribution is 2.42. The van der Waals surface area contributed by atoms with Crippen molar-refractivity contribution in [3.8, 4) is 0 Å². The van der Waals surface area contributed by atoms with Crippen LogP contribution in [0.1, 0.15) is 46.1 Å². The van der Waals surface area contributed by atoms with Gasteiger partial charge in [-0.3, -0.25) is 4.79 Å². The van der Waals surface area contributed by atoms with Crippen molar-refractivity contribution in [3.05, 3.63) is 58.7 Å². The van der Waals surface area contributed by atoms with E-state index < -0.39 is 42.2 Å². The Morgan fingerprint density at radius 2 is 2.06 bits per heavy atom. The molecule has 3 heterocycles. The van der Waals surface area contributed by atoms with Crippen molar-refractivity contribution in [1.82, 2.24) is 14.6 Å². The first-order valence-corrected chi connectivity index (χ1v) is 10.2. The van der Waals surface area contributed by atoms with E-state index >= 15 is 0 Å². The number of anilines is 1. The van der Waals surface area contributed by atoms with Crippen LogP contribution in [-0.4, -0.2) is 50.0 Å². The monoisotopic (exact) mass is 467 g/mol. The van der Waals surface area contributed by atoms with Gasteiger partial charge in [0.15, 0.2) is 5.65 Å². The molecule has 0 radical (unpaired) electrons. The van der Waals surface area contributed by atoms with Crippen molar-refractivity contribution < 1.29 is 32.6 Å². The molecule has 0 saturated carbocycles. The number of carbonyl (C=O) groups excluding carboxylic acids is 1. The normalized spacial score (nSPS) is 17.6. The van der Waals surface area contributed by atoms with E-state index in [4.69, 9.17) is 10.8 Å². The van der Waals surface area contributed by atoms with Gasteiger partial charge in [0, 0.05) is 19.2 Å². The quantitative estimate of drug-likeness (QED) is 0.479. The molecule has 1 aliphatic rings. The van der Waals surface area contributed by atoms with Gasteiger partial charge in [0.2, 0.25) is 0 Å². The van der Waals surface area contributed by atoms with Crippen LogP contribution in [0.15, 0.2) is 30.5 Å². The summed E-state index contributed by atoms with van der Waals surface area (Å²) in [7, 11) is 0. The van der Waals surface area contributed by atoms with E-state index in [0.717, 1.165) is 18.2 Å². The topological polar surface area (TPSA) is 117 Å². The number of aromatic nitrogens is 3. The first-order valence-electron chi connectivity index (χ1n) is 10.2. The Hall–Kier alpha value is -3.25. The second kappa shape index (κ2) is 8.60. The lowest BCUT2D eigenvalue weighted by atomic mass is 9.97. The first-order chi connectivity index (χ1) is 15.6. The van der Waals surface area contributed by atoms with E-state index in [1.54, 1.807) is 4.90 Å². The summed E-state index contributed by atoms with van der Waals surface area (Å²) in [6, 6.07) is 3.17. The number of primary amides is 1. The molecule has 2 atom stereocenters. The van der Waals surface area contributed by atoms with Gasteiger partial charge in [-0.15, -0.1) is 0 Å². The largest absolute Gasteiger partial charge is 0.416 e. The molecule has 0 bridgehead atoms. The van der Waals surface area contributed by atoms with E-state index in [-0.39, 0.29) is 34.7 Å². The number of nitrogens with two attached hydrogens (primary N) is 1. The Labute approximate surface area is 185 Å². The average molecular weight is 467 g/mol. The molecule has 1 aliphatic heterocycles. The number of amides is 1. The zero-order valence-corrected chi connectivity index (χ0v) is 17.3. The number of hydrogen-bond acceptors (Lipinski definition) is 6. The third-order valence-corrected chi connectivity index (χ3v) is 5.65. The van der Waals surface area contributed by atoms with Gasteiger partial charge in [-0.05, 0) is 42.7 Å². The maximum absolute atomic E-state index is 13.9. The number of aliphatic hydroxyl groups is 2. The molecule has 0 unspecified atom stereocenters. The van der Waals surface area contributed by atoms with Gasteiger partial charge in [-0.2, -0.15) is 18.3 Å². The number of nitrogens with zero attached hydrogens (tertiary/aromatic N) is 4. The van der Waals surface area contributed by atoms with Crippen molar-refractivity contribution in [2.24, 2.45) is 5.73 Å². The van der Waals surface area contributed by atoms with Crippen LogP contribution >= 0.6 is 0 Å². The average Bonchev–Trinajstić information content (AvgIpc) is 3.36. The molecule has 176 valence electrons. The predicted octanol–water partition coefficient (Wildman–Crippen LogP) is 2.22. The van der Waals surface area contributed by atoms with Gasteiger partial charge in [-0.1, -0.05) is 0 Å². The number of benzene rings is 1. The molecule has 1 fully saturated rings. The summed E-state index contributed by atoms with van der Waals surface area (Å²) in [5.41, 5.74) is 4.55. The maximum Gasteiger partial charge on any atom is 0.416 e. The zero-order chi connectivity index (χ0) is 23.9. The number of aliphatic hydroxyl groups excluding tert-OH is 2. The molecule has 2 aromatic heterocycles. The van der Waals surface area contributed by atoms with Crippen molar-refractivity contribution in [1.29, 1.82) is 0 Å². The summed E-state index contributed by atoms with van der Waals surface area (Å²) in [6.45, 7) is -0.173. The van der Waals surface area contributed by atoms with Gasteiger partial charge in [0.05, 0.1) is 30.0 Å². The Bertz CT molecular complexity index is 1200. The Balaban J connectivity index is 1.79. The van der Waals surface area contributed by atoms with Crippen molar-refractivity contribution in [3.63, 3.8) is 0 Å². The molecule has 4 rings (SSSR count). The summed E-state index contributed by atoms with van der Waals surface area (Å²) in [5.74, 6) is -1.34. The van der Waals surface area contributed by atoms with Crippen LogP contribution in [0.5, 0.6) is 0 Å². The van der Waals surface area contributed by atoms with Crippen molar-refractivity contribution >= 4 is 17.4 Å². The molecule has 3 aromatic rings. The number of fused-ring (bicyclic) bond motifs is 1.